The number of hydrogen-bond donors (Lipinski definition) is 5. The summed E-state index contributed by atoms with van der Waals surface area (Å²) >= 11 is 0. The molecule has 0 spiro atoms. The standard InChI is InChI=1S/C33H39BN4O5/c1-33(2,38-34(3)42)32(41)37-29(19-25-20-35-28-17-11-10-16-27(25)28)30(39)36-21-26(18-23-12-6-4-7-13-23)31(40)43-22-24-14-8-5-9-15-24/h4-17,20,26,29,35,38,42H,18-19,21-22H2,1-3H3,(H,36,39)(H,37,41). The molecule has 224 valence electrons. The quantitative estimate of drug-likeness (QED) is 0.114. The minimum atomic E-state index is -1.15. The van der Waals surface area contributed by atoms with E-state index in [1.807, 2.05) is 91.1 Å². The van der Waals surface area contributed by atoms with Crippen LogP contribution in [0.1, 0.15) is 30.5 Å². The van der Waals surface area contributed by atoms with Crippen LogP contribution in [-0.2, 0) is 38.6 Å². The summed E-state index contributed by atoms with van der Waals surface area (Å²) in [7, 11) is -0.928. The van der Waals surface area contributed by atoms with E-state index in [2.05, 4.69) is 20.8 Å². The molecule has 3 aromatic carbocycles. The molecule has 43 heavy (non-hydrogen) atoms. The molecule has 9 nitrogen and oxygen atoms in total. The van der Waals surface area contributed by atoms with Crippen molar-refractivity contribution in [3.05, 3.63) is 108 Å². The second kappa shape index (κ2) is 14.7. The van der Waals surface area contributed by atoms with Crippen molar-refractivity contribution in [1.29, 1.82) is 0 Å². The molecule has 2 atom stereocenters. The lowest BCUT2D eigenvalue weighted by Gasteiger charge is -2.29. The molecule has 10 heteroatoms. The Balaban J connectivity index is 1.51. The molecule has 0 aliphatic rings. The minimum absolute atomic E-state index is 0.0247. The highest BCUT2D eigenvalue weighted by atomic mass is 16.5. The summed E-state index contributed by atoms with van der Waals surface area (Å²) in [4.78, 5) is 43.4. The SMILES string of the molecule is CB(O)NC(C)(C)C(=O)NC(Cc1c[nH]c2ccccc12)C(=O)NCC(Cc1ccccc1)C(=O)OCc1ccccc1. The Morgan fingerprint density at radius 2 is 1.53 bits per heavy atom. The average molecular weight is 583 g/mol. The highest BCUT2D eigenvalue weighted by Crippen LogP contribution is 2.20. The summed E-state index contributed by atoms with van der Waals surface area (Å²) in [6.45, 7) is 4.94. The zero-order valence-corrected chi connectivity index (χ0v) is 24.8. The summed E-state index contributed by atoms with van der Waals surface area (Å²) in [5, 5.41) is 19.4. The molecular weight excluding hydrogens is 543 g/mol. The van der Waals surface area contributed by atoms with Crippen LogP contribution in [-0.4, -0.2) is 53.0 Å². The van der Waals surface area contributed by atoms with Crippen LogP contribution < -0.4 is 15.9 Å². The van der Waals surface area contributed by atoms with Crippen molar-refractivity contribution in [2.75, 3.05) is 6.54 Å². The molecule has 0 bridgehead atoms. The van der Waals surface area contributed by atoms with Gasteiger partial charge in [0.05, 0.1) is 11.5 Å². The fourth-order valence-corrected chi connectivity index (χ4v) is 4.99. The number of ether oxygens (including phenoxy) is 1. The van der Waals surface area contributed by atoms with Gasteiger partial charge in [-0.1, -0.05) is 78.9 Å². The van der Waals surface area contributed by atoms with Gasteiger partial charge in [0.1, 0.15) is 12.6 Å². The monoisotopic (exact) mass is 582 g/mol. The predicted molar refractivity (Wildman–Crippen MR) is 168 cm³/mol. The molecule has 0 aliphatic heterocycles. The van der Waals surface area contributed by atoms with E-state index in [0.717, 1.165) is 27.6 Å². The number of aromatic nitrogens is 1. The first-order chi connectivity index (χ1) is 20.6. The minimum Gasteiger partial charge on any atom is -0.461 e. The summed E-state index contributed by atoms with van der Waals surface area (Å²) < 4.78 is 5.64. The van der Waals surface area contributed by atoms with E-state index in [4.69, 9.17) is 4.74 Å². The molecule has 5 N–H and O–H groups in total. The number of H-pyrrole nitrogens is 1. The molecule has 2 amide bonds. The third kappa shape index (κ3) is 9.04. The number of hydrogen-bond acceptors (Lipinski definition) is 6. The second-order valence-electron chi connectivity index (χ2n) is 11.3. The van der Waals surface area contributed by atoms with Crippen molar-refractivity contribution in [3.63, 3.8) is 0 Å². The topological polar surface area (TPSA) is 133 Å². The highest BCUT2D eigenvalue weighted by Gasteiger charge is 2.33. The van der Waals surface area contributed by atoms with E-state index in [9.17, 15) is 19.4 Å². The first kappa shape index (κ1) is 31.5. The lowest BCUT2D eigenvalue weighted by atomic mass is 9.83. The number of amides is 2. The normalized spacial score (nSPS) is 12.7. The number of aromatic amines is 1. The molecule has 0 saturated heterocycles. The van der Waals surface area contributed by atoms with Gasteiger partial charge in [-0.15, -0.1) is 0 Å². The Morgan fingerprint density at radius 3 is 2.21 bits per heavy atom. The van der Waals surface area contributed by atoms with Gasteiger partial charge in [-0.05, 0) is 49.8 Å². The summed E-state index contributed by atoms with van der Waals surface area (Å²) in [6.07, 6.45) is 2.42. The number of carbonyl (C=O) groups is 3. The second-order valence-corrected chi connectivity index (χ2v) is 11.3. The molecule has 1 heterocycles. The van der Waals surface area contributed by atoms with Gasteiger partial charge < -0.3 is 30.6 Å². The Kier molecular flexibility index (Phi) is 10.8. The Bertz CT molecular complexity index is 1510. The van der Waals surface area contributed by atoms with E-state index in [1.54, 1.807) is 13.8 Å². The largest absolute Gasteiger partial charge is 0.461 e. The number of para-hydroxylation sites is 1. The van der Waals surface area contributed by atoms with E-state index in [-0.39, 0.29) is 19.6 Å². The van der Waals surface area contributed by atoms with Crippen molar-refractivity contribution < 1.29 is 24.1 Å². The van der Waals surface area contributed by atoms with Gasteiger partial charge in [0.2, 0.25) is 11.8 Å². The van der Waals surface area contributed by atoms with Crippen LogP contribution in [0.2, 0.25) is 6.82 Å². The van der Waals surface area contributed by atoms with E-state index in [0.29, 0.717) is 6.42 Å². The van der Waals surface area contributed by atoms with E-state index < -0.39 is 42.3 Å². The van der Waals surface area contributed by atoms with Gasteiger partial charge in [0, 0.05) is 30.1 Å². The average Bonchev–Trinajstić information content (AvgIpc) is 3.40. The number of benzene rings is 3. The smallest absolute Gasteiger partial charge is 0.374 e. The Labute approximate surface area is 252 Å². The number of carbonyl (C=O) groups excluding carboxylic acids is 3. The van der Waals surface area contributed by atoms with Crippen LogP contribution in [0.15, 0.2) is 91.1 Å². The van der Waals surface area contributed by atoms with Crippen molar-refractivity contribution in [2.24, 2.45) is 5.92 Å². The number of nitrogens with one attached hydrogen (secondary N) is 4. The maximum absolute atomic E-state index is 13.7. The zero-order valence-electron chi connectivity index (χ0n) is 24.8. The van der Waals surface area contributed by atoms with Crippen molar-refractivity contribution >= 4 is 35.7 Å². The van der Waals surface area contributed by atoms with Crippen LogP contribution in [0.25, 0.3) is 10.9 Å². The third-order valence-electron chi connectivity index (χ3n) is 7.26. The van der Waals surface area contributed by atoms with Gasteiger partial charge in [-0.25, -0.2) is 0 Å². The molecule has 1 aromatic heterocycles. The van der Waals surface area contributed by atoms with Crippen molar-refractivity contribution in [3.8, 4) is 0 Å². The number of rotatable bonds is 14. The van der Waals surface area contributed by atoms with Crippen LogP contribution in [0, 0.1) is 5.92 Å². The fourth-order valence-electron chi connectivity index (χ4n) is 4.99. The van der Waals surface area contributed by atoms with Crippen molar-refractivity contribution in [2.45, 2.75) is 51.7 Å². The van der Waals surface area contributed by atoms with E-state index in [1.165, 1.54) is 6.82 Å². The maximum atomic E-state index is 13.7. The summed E-state index contributed by atoms with van der Waals surface area (Å²) in [6, 6.07) is 25.8. The predicted octanol–water partition coefficient (Wildman–Crippen LogP) is 3.39. The molecule has 4 aromatic rings. The molecule has 2 unspecified atom stereocenters. The van der Waals surface area contributed by atoms with Gasteiger partial charge in [-0.2, -0.15) is 0 Å². The number of esters is 1. The van der Waals surface area contributed by atoms with Crippen LogP contribution in [0.3, 0.4) is 0 Å². The Hall–Kier alpha value is -4.41. The third-order valence-corrected chi connectivity index (χ3v) is 7.26. The lowest BCUT2D eigenvalue weighted by molar-refractivity contribution is -0.150. The highest BCUT2D eigenvalue weighted by molar-refractivity contribution is 6.46. The first-order valence-corrected chi connectivity index (χ1v) is 14.5. The lowest BCUT2D eigenvalue weighted by Crippen LogP contribution is -2.61. The van der Waals surface area contributed by atoms with Gasteiger partial charge in [0.25, 0.3) is 0 Å². The fraction of sp³-hybridized carbons (Fsp3) is 0.303. The van der Waals surface area contributed by atoms with Crippen LogP contribution in [0.5, 0.6) is 0 Å². The first-order valence-electron chi connectivity index (χ1n) is 14.5. The molecule has 0 fully saturated rings. The molecule has 4 rings (SSSR count). The van der Waals surface area contributed by atoms with Crippen molar-refractivity contribution in [1.82, 2.24) is 20.8 Å². The van der Waals surface area contributed by atoms with Crippen LogP contribution in [0.4, 0.5) is 0 Å². The van der Waals surface area contributed by atoms with Gasteiger partial charge in [-0.3, -0.25) is 14.4 Å². The van der Waals surface area contributed by atoms with E-state index >= 15 is 0 Å². The molecular formula is C33H39BN4O5. The zero-order chi connectivity index (χ0) is 30.8. The summed E-state index contributed by atoms with van der Waals surface area (Å²) in [5.41, 5.74) is 2.44. The number of fused-ring (bicyclic) bond motifs is 1. The van der Waals surface area contributed by atoms with Crippen LogP contribution >= 0.6 is 0 Å². The Morgan fingerprint density at radius 1 is 0.907 bits per heavy atom. The molecule has 0 aliphatic carbocycles. The molecule has 0 radical (unpaired) electrons. The molecule has 0 saturated carbocycles. The summed E-state index contributed by atoms with van der Waals surface area (Å²) in [5.74, 6) is -1.95. The van der Waals surface area contributed by atoms with Gasteiger partial charge >= 0.3 is 13.0 Å². The van der Waals surface area contributed by atoms with Gasteiger partial charge in [0.15, 0.2) is 0 Å². The maximum Gasteiger partial charge on any atom is 0.374 e.